The van der Waals surface area contributed by atoms with Crippen LogP contribution in [0.5, 0.6) is 0 Å². The van der Waals surface area contributed by atoms with Gasteiger partial charge in [-0.3, -0.25) is 9.78 Å². The maximum Gasteiger partial charge on any atom is 0.253 e. The van der Waals surface area contributed by atoms with Crippen molar-refractivity contribution in [3.8, 4) is 0 Å². The van der Waals surface area contributed by atoms with Gasteiger partial charge in [-0.05, 0) is 25.0 Å². The standard InChI is InChI=1S/C18H19N5O/c24-18(14-8-4-6-13-7-5-10-19-17(13)14)20-12-16-22-21-15-9-2-1-3-11-23(15)16/h4-8,10H,1-3,9,11-12H2,(H,20,24). The summed E-state index contributed by atoms with van der Waals surface area (Å²) in [6, 6.07) is 9.46. The molecule has 2 aromatic heterocycles. The third kappa shape index (κ3) is 2.75. The monoisotopic (exact) mass is 321 g/mol. The lowest BCUT2D eigenvalue weighted by atomic mass is 10.1. The number of carbonyl (C=O) groups excluding carboxylic acids is 1. The molecule has 0 aliphatic carbocycles. The molecule has 0 atom stereocenters. The van der Waals surface area contributed by atoms with Gasteiger partial charge in [0, 0.05) is 24.5 Å². The van der Waals surface area contributed by atoms with Crippen LogP contribution in [-0.4, -0.2) is 25.7 Å². The molecule has 24 heavy (non-hydrogen) atoms. The average Bonchev–Trinajstić information content (AvgIpc) is 2.85. The lowest BCUT2D eigenvalue weighted by Crippen LogP contribution is -2.25. The number of amides is 1. The van der Waals surface area contributed by atoms with E-state index in [1.165, 1.54) is 6.42 Å². The molecule has 0 unspecified atom stereocenters. The smallest absolute Gasteiger partial charge is 0.253 e. The molecule has 4 rings (SSSR count). The first-order valence-corrected chi connectivity index (χ1v) is 8.36. The Kier molecular flexibility index (Phi) is 3.94. The molecule has 3 heterocycles. The molecule has 6 nitrogen and oxygen atoms in total. The number of hydrogen-bond donors (Lipinski definition) is 1. The number of aryl methyl sites for hydroxylation is 1. The maximum atomic E-state index is 12.6. The first-order chi connectivity index (χ1) is 11.8. The highest BCUT2D eigenvalue weighted by molar-refractivity contribution is 6.05. The molecule has 0 radical (unpaired) electrons. The molecule has 1 aliphatic rings. The second-order valence-electron chi connectivity index (χ2n) is 6.06. The summed E-state index contributed by atoms with van der Waals surface area (Å²) in [5, 5.41) is 12.4. The van der Waals surface area contributed by atoms with E-state index in [0.717, 1.165) is 48.4 Å². The molecule has 122 valence electrons. The van der Waals surface area contributed by atoms with Crippen molar-refractivity contribution in [2.45, 2.75) is 38.8 Å². The predicted octanol–water partition coefficient (Wildman–Crippen LogP) is 2.48. The number of nitrogens with one attached hydrogen (secondary N) is 1. The Morgan fingerprint density at radius 3 is 3.00 bits per heavy atom. The number of pyridine rings is 1. The van der Waals surface area contributed by atoms with Gasteiger partial charge >= 0.3 is 0 Å². The molecule has 1 N–H and O–H groups in total. The van der Waals surface area contributed by atoms with Crippen molar-refractivity contribution in [3.63, 3.8) is 0 Å². The number of rotatable bonds is 3. The van der Waals surface area contributed by atoms with Crippen LogP contribution >= 0.6 is 0 Å². The van der Waals surface area contributed by atoms with Gasteiger partial charge in [0.1, 0.15) is 5.82 Å². The van der Waals surface area contributed by atoms with Gasteiger partial charge in [0.2, 0.25) is 0 Å². The Labute approximate surface area is 139 Å². The topological polar surface area (TPSA) is 72.7 Å². The minimum atomic E-state index is -0.134. The maximum absolute atomic E-state index is 12.6. The number of benzene rings is 1. The van der Waals surface area contributed by atoms with Crippen LogP contribution in [0.4, 0.5) is 0 Å². The molecular weight excluding hydrogens is 302 g/mol. The molecule has 0 fully saturated rings. The molecule has 1 amide bonds. The third-order valence-electron chi connectivity index (χ3n) is 4.47. The SMILES string of the molecule is O=C(NCc1nnc2n1CCCCC2)c1cccc2cccnc12. The van der Waals surface area contributed by atoms with Crippen molar-refractivity contribution in [2.75, 3.05) is 0 Å². The van der Waals surface area contributed by atoms with Crippen LogP contribution in [0.1, 0.15) is 41.3 Å². The zero-order chi connectivity index (χ0) is 16.4. The van der Waals surface area contributed by atoms with Crippen LogP contribution in [0.2, 0.25) is 0 Å². The van der Waals surface area contributed by atoms with Gasteiger partial charge in [-0.1, -0.05) is 24.6 Å². The minimum Gasteiger partial charge on any atom is -0.345 e. The van der Waals surface area contributed by atoms with Crippen LogP contribution in [0.25, 0.3) is 10.9 Å². The number of aromatic nitrogens is 4. The van der Waals surface area contributed by atoms with Crippen LogP contribution in [0.15, 0.2) is 36.5 Å². The first kappa shape index (κ1) is 14.8. The molecule has 1 aliphatic heterocycles. The van der Waals surface area contributed by atoms with E-state index in [4.69, 9.17) is 0 Å². The van der Waals surface area contributed by atoms with Gasteiger partial charge in [0.05, 0.1) is 17.6 Å². The fraction of sp³-hybridized carbons (Fsp3) is 0.333. The highest BCUT2D eigenvalue weighted by Crippen LogP contribution is 2.17. The van der Waals surface area contributed by atoms with Crippen LogP contribution in [-0.2, 0) is 19.5 Å². The zero-order valence-corrected chi connectivity index (χ0v) is 13.4. The van der Waals surface area contributed by atoms with Crippen molar-refractivity contribution < 1.29 is 4.79 Å². The molecule has 0 bridgehead atoms. The summed E-state index contributed by atoms with van der Waals surface area (Å²) in [6.45, 7) is 1.32. The van der Waals surface area contributed by atoms with Crippen molar-refractivity contribution in [1.29, 1.82) is 0 Å². The van der Waals surface area contributed by atoms with Gasteiger partial charge in [-0.2, -0.15) is 0 Å². The number of para-hydroxylation sites is 1. The van der Waals surface area contributed by atoms with Crippen LogP contribution < -0.4 is 5.32 Å². The Bertz CT molecular complexity index is 881. The summed E-state index contributed by atoms with van der Waals surface area (Å²) < 4.78 is 2.15. The molecule has 1 aromatic carbocycles. The first-order valence-electron chi connectivity index (χ1n) is 8.36. The summed E-state index contributed by atoms with van der Waals surface area (Å²) in [6.07, 6.45) is 6.19. The Morgan fingerprint density at radius 1 is 1.12 bits per heavy atom. The van der Waals surface area contributed by atoms with Gasteiger partial charge in [0.15, 0.2) is 5.82 Å². The Morgan fingerprint density at radius 2 is 2.04 bits per heavy atom. The van der Waals surface area contributed by atoms with E-state index < -0.39 is 0 Å². The van der Waals surface area contributed by atoms with E-state index in [2.05, 4.69) is 25.1 Å². The highest BCUT2D eigenvalue weighted by Gasteiger charge is 2.16. The highest BCUT2D eigenvalue weighted by atomic mass is 16.1. The fourth-order valence-electron chi connectivity index (χ4n) is 3.22. The molecule has 3 aromatic rings. The second kappa shape index (κ2) is 6.39. The normalized spacial score (nSPS) is 14.2. The quantitative estimate of drug-likeness (QED) is 0.804. The summed E-state index contributed by atoms with van der Waals surface area (Å²) in [4.78, 5) is 16.9. The number of fused-ring (bicyclic) bond motifs is 2. The summed E-state index contributed by atoms with van der Waals surface area (Å²) in [5.41, 5.74) is 1.31. The van der Waals surface area contributed by atoms with Gasteiger partial charge in [-0.25, -0.2) is 0 Å². The fourth-order valence-corrected chi connectivity index (χ4v) is 3.22. The van der Waals surface area contributed by atoms with E-state index in [9.17, 15) is 4.79 Å². The van der Waals surface area contributed by atoms with Gasteiger partial charge < -0.3 is 9.88 Å². The largest absolute Gasteiger partial charge is 0.345 e. The van der Waals surface area contributed by atoms with Crippen molar-refractivity contribution in [3.05, 3.63) is 53.7 Å². The Hall–Kier alpha value is -2.76. The predicted molar refractivity (Wildman–Crippen MR) is 90.5 cm³/mol. The van der Waals surface area contributed by atoms with E-state index >= 15 is 0 Å². The van der Waals surface area contributed by atoms with Crippen molar-refractivity contribution in [2.24, 2.45) is 0 Å². The Balaban J connectivity index is 1.54. The summed E-state index contributed by atoms with van der Waals surface area (Å²) in [7, 11) is 0. The lowest BCUT2D eigenvalue weighted by molar-refractivity contribution is 0.0951. The number of hydrogen-bond acceptors (Lipinski definition) is 4. The lowest BCUT2D eigenvalue weighted by Gasteiger charge is -2.09. The van der Waals surface area contributed by atoms with Crippen molar-refractivity contribution >= 4 is 16.8 Å². The van der Waals surface area contributed by atoms with Gasteiger partial charge in [-0.15, -0.1) is 10.2 Å². The van der Waals surface area contributed by atoms with Gasteiger partial charge in [0.25, 0.3) is 5.91 Å². The minimum absolute atomic E-state index is 0.134. The second-order valence-corrected chi connectivity index (χ2v) is 6.06. The third-order valence-corrected chi connectivity index (χ3v) is 4.47. The molecule has 0 saturated heterocycles. The molecule has 6 heteroatoms. The molecule has 0 spiro atoms. The molecule has 0 saturated carbocycles. The van der Waals surface area contributed by atoms with Crippen LogP contribution in [0, 0.1) is 0 Å². The molecular formula is C18H19N5O. The summed E-state index contributed by atoms with van der Waals surface area (Å²) in [5.74, 6) is 1.72. The number of carbonyl (C=O) groups is 1. The zero-order valence-electron chi connectivity index (χ0n) is 13.4. The number of nitrogens with zero attached hydrogens (tertiary/aromatic N) is 4. The van der Waals surface area contributed by atoms with E-state index in [1.54, 1.807) is 12.3 Å². The van der Waals surface area contributed by atoms with E-state index in [1.807, 2.05) is 24.3 Å². The van der Waals surface area contributed by atoms with E-state index in [0.29, 0.717) is 12.1 Å². The van der Waals surface area contributed by atoms with E-state index in [-0.39, 0.29) is 5.91 Å². The average molecular weight is 321 g/mol. The van der Waals surface area contributed by atoms with Crippen molar-refractivity contribution in [1.82, 2.24) is 25.1 Å². The van der Waals surface area contributed by atoms with Crippen LogP contribution in [0.3, 0.4) is 0 Å². The summed E-state index contributed by atoms with van der Waals surface area (Å²) >= 11 is 0.